The summed E-state index contributed by atoms with van der Waals surface area (Å²) in [6.45, 7) is 3.95. The summed E-state index contributed by atoms with van der Waals surface area (Å²) in [7, 11) is -3.59. The van der Waals surface area contributed by atoms with Gasteiger partial charge in [-0.1, -0.05) is 0 Å². The lowest BCUT2D eigenvalue weighted by atomic mass is 10.1. The average Bonchev–Trinajstić information content (AvgIpc) is 3.46. The lowest BCUT2D eigenvalue weighted by Gasteiger charge is -2.35. The second kappa shape index (κ2) is 10.2. The van der Waals surface area contributed by atoms with Gasteiger partial charge in [-0.2, -0.15) is 4.31 Å². The van der Waals surface area contributed by atoms with Gasteiger partial charge in [0.15, 0.2) is 17.3 Å². The Morgan fingerprint density at radius 3 is 2.24 bits per heavy atom. The van der Waals surface area contributed by atoms with Gasteiger partial charge in [0, 0.05) is 50.4 Å². The predicted octanol–water partition coefficient (Wildman–Crippen LogP) is 1.86. The van der Waals surface area contributed by atoms with Gasteiger partial charge in [0.25, 0.3) is 5.91 Å². The Hall–Kier alpha value is -3.74. The molecule has 0 unspecified atom stereocenters. The van der Waals surface area contributed by atoms with E-state index in [9.17, 15) is 13.2 Å². The van der Waals surface area contributed by atoms with Gasteiger partial charge in [-0.15, -0.1) is 10.2 Å². The van der Waals surface area contributed by atoms with Crippen LogP contribution in [0.3, 0.4) is 0 Å². The van der Waals surface area contributed by atoms with E-state index >= 15 is 0 Å². The molecule has 1 aromatic heterocycles. The summed E-state index contributed by atoms with van der Waals surface area (Å²) in [5.74, 6) is 2.05. The minimum atomic E-state index is -3.59. The van der Waals surface area contributed by atoms with Crippen molar-refractivity contribution in [3.63, 3.8) is 0 Å². The van der Waals surface area contributed by atoms with Gasteiger partial charge in [-0.05, 0) is 54.6 Å². The van der Waals surface area contributed by atoms with Gasteiger partial charge in [-0.25, -0.2) is 8.42 Å². The third-order valence-electron chi connectivity index (χ3n) is 6.92. The van der Waals surface area contributed by atoms with E-state index in [2.05, 4.69) is 15.1 Å². The van der Waals surface area contributed by atoms with E-state index in [-0.39, 0.29) is 17.6 Å². The number of ether oxygens (including phenoxy) is 3. The van der Waals surface area contributed by atoms with Crippen LogP contribution in [0.2, 0.25) is 0 Å². The zero-order chi connectivity index (χ0) is 26.1. The molecular formula is C26H27N5O6S. The lowest BCUT2D eigenvalue weighted by Crippen LogP contribution is -2.49. The Labute approximate surface area is 220 Å². The molecular weight excluding hydrogens is 510 g/mol. The number of hydrogen-bond acceptors (Lipinski definition) is 9. The fraction of sp³-hybridized carbons (Fsp3) is 0.346. The van der Waals surface area contributed by atoms with Crippen molar-refractivity contribution < 1.29 is 27.4 Å². The number of anilines is 1. The Balaban J connectivity index is 1.06. The van der Waals surface area contributed by atoms with Gasteiger partial charge in [0.2, 0.25) is 16.8 Å². The molecule has 2 saturated heterocycles. The molecule has 38 heavy (non-hydrogen) atoms. The molecule has 4 heterocycles. The number of piperazine rings is 1. The van der Waals surface area contributed by atoms with Gasteiger partial charge in [0.1, 0.15) is 0 Å². The third-order valence-corrected chi connectivity index (χ3v) is 8.83. The van der Waals surface area contributed by atoms with Crippen molar-refractivity contribution in [1.29, 1.82) is 0 Å². The molecule has 2 aromatic carbocycles. The van der Waals surface area contributed by atoms with E-state index in [4.69, 9.17) is 14.2 Å². The number of aromatic nitrogens is 2. The Kier molecular flexibility index (Phi) is 6.60. The van der Waals surface area contributed by atoms with E-state index in [1.807, 2.05) is 30.3 Å². The van der Waals surface area contributed by atoms with Crippen LogP contribution in [0.15, 0.2) is 59.5 Å². The van der Waals surface area contributed by atoms with Gasteiger partial charge in [-0.3, -0.25) is 4.79 Å². The molecule has 0 N–H and O–H groups in total. The zero-order valence-corrected chi connectivity index (χ0v) is 21.5. The third kappa shape index (κ3) is 4.77. The molecule has 0 radical (unpaired) electrons. The number of sulfonamides is 1. The van der Waals surface area contributed by atoms with Crippen molar-refractivity contribution in [3.05, 3.63) is 60.2 Å². The summed E-state index contributed by atoms with van der Waals surface area (Å²) in [6, 6.07) is 15.7. The van der Waals surface area contributed by atoms with Crippen LogP contribution in [0.5, 0.6) is 11.5 Å². The Morgan fingerprint density at radius 1 is 0.789 bits per heavy atom. The molecule has 0 aliphatic carbocycles. The number of nitrogens with zero attached hydrogens (tertiary/aromatic N) is 5. The van der Waals surface area contributed by atoms with Crippen molar-refractivity contribution in [3.8, 4) is 22.8 Å². The number of morpholine rings is 1. The highest BCUT2D eigenvalue weighted by atomic mass is 32.2. The van der Waals surface area contributed by atoms with Crippen molar-refractivity contribution in [2.24, 2.45) is 0 Å². The smallest absolute Gasteiger partial charge is 0.253 e. The molecule has 3 aromatic rings. The van der Waals surface area contributed by atoms with Crippen LogP contribution >= 0.6 is 0 Å². The first-order chi connectivity index (χ1) is 18.5. The molecule has 12 heteroatoms. The summed E-state index contributed by atoms with van der Waals surface area (Å²) in [6.07, 6.45) is 0. The number of benzene rings is 2. The number of carbonyl (C=O) groups excluding carboxylic acids is 1. The molecule has 3 aliphatic heterocycles. The van der Waals surface area contributed by atoms with Gasteiger partial charge in [0.05, 0.1) is 23.8 Å². The maximum atomic E-state index is 13.1. The van der Waals surface area contributed by atoms with Crippen LogP contribution in [0.1, 0.15) is 10.4 Å². The van der Waals surface area contributed by atoms with Crippen LogP contribution in [0, 0.1) is 0 Å². The zero-order valence-electron chi connectivity index (χ0n) is 20.7. The van der Waals surface area contributed by atoms with E-state index in [1.165, 1.54) is 16.4 Å². The van der Waals surface area contributed by atoms with Crippen molar-refractivity contribution in [1.82, 2.24) is 19.4 Å². The predicted molar refractivity (Wildman–Crippen MR) is 138 cm³/mol. The van der Waals surface area contributed by atoms with Crippen LogP contribution in [-0.2, 0) is 14.8 Å². The molecule has 0 atom stereocenters. The highest BCUT2D eigenvalue weighted by Gasteiger charge is 2.27. The summed E-state index contributed by atoms with van der Waals surface area (Å²) >= 11 is 0. The van der Waals surface area contributed by atoms with Crippen LogP contribution in [0.4, 0.5) is 5.82 Å². The molecule has 3 aliphatic rings. The number of amides is 1. The van der Waals surface area contributed by atoms with Crippen LogP contribution < -0.4 is 14.4 Å². The fourth-order valence-corrected chi connectivity index (χ4v) is 6.14. The molecule has 6 rings (SSSR count). The van der Waals surface area contributed by atoms with Crippen LogP contribution in [-0.4, -0.2) is 93.0 Å². The highest BCUT2D eigenvalue weighted by Crippen LogP contribution is 2.35. The second-order valence-corrected chi connectivity index (χ2v) is 11.1. The largest absolute Gasteiger partial charge is 0.454 e. The standard InChI is InChI=1S/C26H27N5O6S/c32-26(19-1-4-21(5-2-19)38(33,34)31-13-15-35-16-14-31)30-11-9-29(10-12-30)25-8-6-22(27-28-25)20-3-7-23-24(17-20)37-18-36-23/h1-8,17H,9-16,18H2. The molecule has 0 spiro atoms. The first-order valence-electron chi connectivity index (χ1n) is 12.4. The SMILES string of the molecule is O=C(c1ccc(S(=O)(=O)N2CCOCC2)cc1)N1CCN(c2ccc(-c3ccc4c(c3)OCO4)nn2)CC1. The number of fused-ring (bicyclic) bond motifs is 1. The summed E-state index contributed by atoms with van der Waals surface area (Å²) in [5.41, 5.74) is 2.10. The average molecular weight is 538 g/mol. The Morgan fingerprint density at radius 2 is 1.53 bits per heavy atom. The highest BCUT2D eigenvalue weighted by molar-refractivity contribution is 7.89. The van der Waals surface area contributed by atoms with E-state index in [1.54, 1.807) is 17.0 Å². The maximum Gasteiger partial charge on any atom is 0.253 e. The summed E-state index contributed by atoms with van der Waals surface area (Å²) in [4.78, 5) is 17.1. The number of hydrogen-bond donors (Lipinski definition) is 0. The molecule has 1 amide bonds. The minimum Gasteiger partial charge on any atom is -0.454 e. The Bertz CT molecular complexity index is 1420. The number of carbonyl (C=O) groups is 1. The van der Waals surface area contributed by atoms with Crippen LogP contribution in [0.25, 0.3) is 11.3 Å². The molecule has 0 bridgehead atoms. The summed E-state index contributed by atoms with van der Waals surface area (Å²) < 4.78 is 43.1. The van der Waals surface area contributed by atoms with Gasteiger partial charge < -0.3 is 24.0 Å². The fourth-order valence-electron chi connectivity index (χ4n) is 4.73. The van der Waals surface area contributed by atoms with E-state index in [0.717, 1.165) is 22.8 Å². The minimum absolute atomic E-state index is 0.121. The van der Waals surface area contributed by atoms with Crippen molar-refractivity contribution >= 4 is 21.7 Å². The summed E-state index contributed by atoms with van der Waals surface area (Å²) in [5, 5.41) is 8.79. The van der Waals surface area contributed by atoms with E-state index in [0.29, 0.717) is 63.8 Å². The number of rotatable bonds is 5. The maximum absolute atomic E-state index is 13.1. The van der Waals surface area contributed by atoms with Gasteiger partial charge >= 0.3 is 0 Å². The normalized spacial score (nSPS) is 18.0. The molecule has 11 nitrogen and oxygen atoms in total. The second-order valence-electron chi connectivity index (χ2n) is 9.16. The van der Waals surface area contributed by atoms with Crippen molar-refractivity contribution in [2.75, 3.05) is 64.2 Å². The monoisotopic (exact) mass is 537 g/mol. The van der Waals surface area contributed by atoms with E-state index < -0.39 is 10.0 Å². The first-order valence-corrected chi connectivity index (χ1v) is 13.9. The molecule has 198 valence electrons. The topological polar surface area (TPSA) is 114 Å². The lowest BCUT2D eigenvalue weighted by molar-refractivity contribution is 0.0730. The molecule has 2 fully saturated rings. The first kappa shape index (κ1) is 24.6. The van der Waals surface area contributed by atoms with Crippen molar-refractivity contribution in [2.45, 2.75) is 4.90 Å². The molecule has 0 saturated carbocycles. The quantitative estimate of drug-likeness (QED) is 0.481.